The molecule has 0 aliphatic carbocycles. The third kappa shape index (κ3) is 3.07. The van der Waals surface area contributed by atoms with Crippen LogP contribution in [0.15, 0.2) is 36.4 Å². The summed E-state index contributed by atoms with van der Waals surface area (Å²) in [6, 6.07) is 10.9. The van der Waals surface area contributed by atoms with Gasteiger partial charge >= 0.3 is 5.97 Å². The fourth-order valence-corrected chi connectivity index (χ4v) is 1.98. The molecule has 0 aromatic heterocycles. The Bertz CT molecular complexity index is 612. The summed E-state index contributed by atoms with van der Waals surface area (Å²) < 4.78 is 4.75. The van der Waals surface area contributed by atoms with Crippen molar-refractivity contribution in [3.05, 3.63) is 42.0 Å². The molecule has 0 bridgehead atoms. The highest BCUT2D eigenvalue weighted by atomic mass is 16.5. The molecule has 5 heteroatoms. The number of methoxy groups -OCH3 is 1. The van der Waals surface area contributed by atoms with E-state index in [0.29, 0.717) is 5.56 Å². The molecule has 0 saturated carbocycles. The van der Waals surface area contributed by atoms with E-state index >= 15 is 0 Å². The van der Waals surface area contributed by atoms with E-state index < -0.39 is 6.10 Å². The lowest BCUT2D eigenvalue weighted by Gasteiger charge is -2.11. The molecule has 2 rings (SSSR count). The summed E-state index contributed by atoms with van der Waals surface area (Å²) in [5.41, 5.74) is 1.33. The minimum atomic E-state index is -0.799. The van der Waals surface area contributed by atoms with Gasteiger partial charge in [-0.1, -0.05) is 18.2 Å². The number of ether oxygens (including phenoxy) is 1. The molecule has 5 nitrogen and oxygen atoms in total. The van der Waals surface area contributed by atoms with Crippen molar-refractivity contribution in [1.29, 1.82) is 0 Å². The molecule has 1 atom stereocenters. The summed E-state index contributed by atoms with van der Waals surface area (Å²) >= 11 is 0. The predicted molar refractivity (Wildman–Crippen MR) is 76.9 cm³/mol. The Morgan fingerprint density at radius 2 is 2.15 bits per heavy atom. The Balaban J connectivity index is 2.29. The molecule has 2 aromatic rings. The Morgan fingerprint density at radius 1 is 1.35 bits per heavy atom. The van der Waals surface area contributed by atoms with Crippen molar-refractivity contribution in [2.45, 2.75) is 6.10 Å². The summed E-state index contributed by atoms with van der Waals surface area (Å²) in [5.74, 6) is -0.369. The molecule has 20 heavy (non-hydrogen) atoms. The van der Waals surface area contributed by atoms with Gasteiger partial charge in [0.05, 0.1) is 25.4 Å². The number of carbonyl (C=O) groups is 1. The van der Waals surface area contributed by atoms with Crippen LogP contribution in [0, 0.1) is 0 Å². The van der Waals surface area contributed by atoms with Crippen molar-refractivity contribution in [1.82, 2.24) is 0 Å². The number of benzene rings is 2. The maximum atomic E-state index is 11.7. The van der Waals surface area contributed by atoms with E-state index in [2.05, 4.69) is 5.32 Å². The van der Waals surface area contributed by atoms with E-state index in [4.69, 9.17) is 9.84 Å². The van der Waals surface area contributed by atoms with Crippen LogP contribution in [0.2, 0.25) is 0 Å². The first-order chi connectivity index (χ1) is 9.65. The molecule has 0 radical (unpaired) electrons. The summed E-state index contributed by atoms with van der Waals surface area (Å²) in [7, 11) is 1.35. The molecule has 2 aromatic carbocycles. The maximum absolute atomic E-state index is 11.7. The van der Waals surface area contributed by atoms with Gasteiger partial charge in [-0.25, -0.2) is 4.79 Å². The van der Waals surface area contributed by atoms with Gasteiger partial charge < -0.3 is 20.3 Å². The molecular formula is C15H17NO4. The quantitative estimate of drug-likeness (QED) is 0.719. The van der Waals surface area contributed by atoms with Gasteiger partial charge in [-0.3, -0.25) is 0 Å². The average Bonchev–Trinajstić information content (AvgIpc) is 2.50. The lowest BCUT2D eigenvalue weighted by Crippen LogP contribution is -2.22. The molecule has 0 amide bonds. The topological polar surface area (TPSA) is 78.8 Å². The van der Waals surface area contributed by atoms with Crippen molar-refractivity contribution in [2.75, 3.05) is 25.6 Å². The molecule has 0 spiro atoms. The first-order valence-electron chi connectivity index (χ1n) is 6.29. The number of nitrogens with one attached hydrogen (secondary N) is 1. The number of hydrogen-bond acceptors (Lipinski definition) is 5. The Hall–Kier alpha value is -2.11. The van der Waals surface area contributed by atoms with Crippen molar-refractivity contribution in [3.8, 4) is 0 Å². The van der Waals surface area contributed by atoms with Crippen LogP contribution in [0.4, 0.5) is 5.69 Å². The molecule has 0 fully saturated rings. The largest absolute Gasteiger partial charge is 0.465 e. The maximum Gasteiger partial charge on any atom is 0.338 e. The Kier molecular flexibility index (Phi) is 4.55. The van der Waals surface area contributed by atoms with Crippen molar-refractivity contribution in [2.24, 2.45) is 0 Å². The number of rotatable bonds is 5. The normalized spacial score (nSPS) is 12.2. The monoisotopic (exact) mass is 275 g/mol. The van der Waals surface area contributed by atoms with E-state index in [-0.39, 0.29) is 19.1 Å². The van der Waals surface area contributed by atoms with Crippen LogP contribution in [0.3, 0.4) is 0 Å². The third-order valence-electron chi connectivity index (χ3n) is 3.04. The van der Waals surface area contributed by atoms with E-state index in [0.717, 1.165) is 16.5 Å². The molecule has 0 saturated heterocycles. The van der Waals surface area contributed by atoms with E-state index in [9.17, 15) is 9.90 Å². The van der Waals surface area contributed by atoms with Gasteiger partial charge in [0, 0.05) is 12.2 Å². The minimum absolute atomic E-state index is 0.263. The van der Waals surface area contributed by atoms with Crippen LogP contribution in [0.25, 0.3) is 10.8 Å². The number of aliphatic hydroxyl groups excluding tert-OH is 2. The Labute approximate surface area is 116 Å². The van der Waals surface area contributed by atoms with Crippen LogP contribution in [0.1, 0.15) is 10.4 Å². The molecule has 3 N–H and O–H groups in total. The van der Waals surface area contributed by atoms with Gasteiger partial charge in [0.2, 0.25) is 0 Å². The number of anilines is 1. The van der Waals surface area contributed by atoms with Crippen LogP contribution < -0.4 is 5.32 Å². The number of carbonyl (C=O) groups excluding carboxylic acids is 1. The zero-order valence-corrected chi connectivity index (χ0v) is 11.2. The second-order valence-corrected chi connectivity index (χ2v) is 4.45. The average molecular weight is 275 g/mol. The van der Waals surface area contributed by atoms with E-state index in [1.54, 1.807) is 12.1 Å². The first-order valence-corrected chi connectivity index (χ1v) is 6.29. The summed E-state index contributed by atoms with van der Waals surface area (Å²) in [6.07, 6.45) is -0.799. The van der Waals surface area contributed by atoms with Crippen molar-refractivity contribution in [3.63, 3.8) is 0 Å². The molecular weight excluding hydrogens is 258 g/mol. The Morgan fingerprint density at radius 3 is 2.85 bits per heavy atom. The number of esters is 1. The second-order valence-electron chi connectivity index (χ2n) is 4.45. The van der Waals surface area contributed by atoms with Gasteiger partial charge in [0.1, 0.15) is 0 Å². The zero-order valence-electron chi connectivity index (χ0n) is 11.2. The highest BCUT2D eigenvalue weighted by molar-refractivity contribution is 6.05. The number of hydrogen-bond donors (Lipinski definition) is 3. The van der Waals surface area contributed by atoms with Crippen LogP contribution in [-0.4, -0.2) is 42.5 Å². The van der Waals surface area contributed by atoms with Gasteiger partial charge in [0.25, 0.3) is 0 Å². The number of fused-ring (bicyclic) bond motifs is 1. The molecule has 0 aliphatic rings. The lowest BCUT2D eigenvalue weighted by molar-refractivity contribution is 0.0603. The highest BCUT2D eigenvalue weighted by Gasteiger charge is 2.10. The lowest BCUT2D eigenvalue weighted by atomic mass is 10.0. The smallest absolute Gasteiger partial charge is 0.338 e. The van der Waals surface area contributed by atoms with Crippen LogP contribution >= 0.6 is 0 Å². The van der Waals surface area contributed by atoms with Crippen molar-refractivity contribution >= 4 is 22.4 Å². The highest BCUT2D eigenvalue weighted by Crippen LogP contribution is 2.23. The van der Waals surface area contributed by atoms with Gasteiger partial charge in [-0.2, -0.15) is 0 Å². The fraction of sp³-hybridized carbons (Fsp3) is 0.267. The second kappa shape index (κ2) is 6.36. The summed E-state index contributed by atoms with van der Waals surface area (Å²) in [5, 5.41) is 22.8. The fourth-order valence-electron chi connectivity index (χ4n) is 1.98. The van der Waals surface area contributed by atoms with Gasteiger partial charge in [0.15, 0.2) is 0 Å². The standard InChI is InChI=1S/C15H17NO4/c1-20-15(19)14-4-2-3-10-7-11(5-6-13(10)14)16-8-12(18)9-17/h2-7,12,16-18H,8-9H2,1H3. The summed E-state index contributed by atoms with van der Waals surface area (Å²) in [6.45, 7) is -0.0221. The summed E-state index contributed by atoms with van der Waals surface area (Å²) in [4.78, 5) is 11.7. The van der Waals surface area contributed by atoms with E-state index in [1.165, 1.54) is 7.11 Å². The SMILES string of the molecule is COC(=O)c1cccc2cc(NCC(O)CO)ccc12. The molecule has 0 heterocycles. The predicted octanol–water partition coefficient (Wildman–Crippen LogP) is 1.39. The van der Waals surface area contributed by atoms with E-state index in [1.807, 2.05) is 24.3 Å². The third-order valence-corrected chi connectivity index (χ3v) is 3.04. The van der Waals surface area contributed by atoms with Gasteiger partial charge in [-0.05, 0) is 29.0 Å². The molecule has 1 unspecified atom stereocenters. The zero-order chi connectivity index (χ0) is 14.5. The van der Waals surface area contributed by atoms with Gasteiger partial charge in [-0.15, -0.1) is 0 Å². The molecule has 0 aliphatic heterocycles. The number of aliphatic hydroxyl groups is 2. The van der Waals surface area contributed by atoms with Crippen LogP contribution in [-0.2, 0) is 4.74 Å². The van der Waals surface area contributed by atoms with Crippen LogP contribution in [0.5, 0.6) is 0 Å². The molecule has 106 valence electrons. The minimum Gasteiger partial charge on any atom is -0.465 e. The first kappa shape index (κ1) is 14.3. The van der Waals surface area contributed by atoms with Crippen molar-refractivity contribution < 1.29 is 19.7 Å².